The summed E-state index contributed by atoms with van der Waals surface area (Å²) in [6.45, 7) is -0.322. The van der Waals surface area contributed by atoms with Crippen molar-refractivity contribution in [1.29, 1.82) is 0 Å². The Labute approximate surface area is 139 Å². The molecule has 0 fully saturated rings. The Morgan fingerprint density at radius 3 is 2.48 bits per heavy atom. The maximum Gasteiger partial charge on any atom is 0.150 e. The van der Waals surface area contributed by atoms with Gasteiger partial charge in [0.05, 0.1) is 29.7 Å². The second-order valence-corrected chi connectivity index (χ2v) is 5.48. The SMILES string of the molecule is OCc1cn(-c2c(-c3ccc(F)cc3)[nH]c3c(F)cc(F)cc23)nn1. The van der Waals surface area contributed by atoms with Crippen molar-refractivity contribution in [2.45, 2.75) is 6.61 Å². The fourth-order valence-electron chi connectivity index (χ4n) is 2.75. The van der Waals surface area contributed by atoms with Gasteiger partial charge in [0.1, 0.15) is 23.1 Å². The number of H-pyrrole nitrogens is 1. The predicted octanol–water partition coefficient (Wildman–Crippen LogP) is 3.33. The van der Waals surface area contributed by atoms with E-state index in [1.54, 1.807) is 0 Å². The molecule has 2 N–H and O–H groups in total. The largest absolute Gasteiger partial charge is 0.390 e. The van der Waals surface area contributed by atoms with E-state index in [0.717, 1.165) is 6.07 Å². The number of hydrogen-bond donors (Lipinski definition) is 2. The molecule has 5 nitrogen and oxygen atoms in total. The van der Waals surface area contributed by atoms with Gasteiger partial charge in [0.15, 0.2) is 0 Å². The maximum absolute atomic E-state index is 14.2. The van der Waals surface area contributed by atoms with Gasteiger partial charge in [0.25, 0.3) is 0 Å². The Hall–Kier alpha value is -3.13. The van der Waals surface area contributed by atoms with Gasteiger partial charge in [-0.15, -0.1) is 5.10 Å². The minimum atomic E-state index is -0.757. The highest BCUT2D eigenvalue weighted by atomic mass is 19.1. The molecule has 0 aliphatic carbocycles. The number of aromatic nitrogens is 4. The number of nitrogens with zero attached hydrogens (tertiary/aromatic N) is 3. The Kier molecular flexibility index (Phi) is 3.54. The van der Waals surface area contributed by atoms with Gasteiger partial charge >= 0.3 is 0 Å². The minimum absolute atomic E-state index is 0.0942. The summed E-state index contributed by atoms with van der Waals surface area (Å²) in [5.74, 6) is -1.91. The number of fused-ring (bicyclic) bond motifs is 1. The van der Waals surface area contributed by atoms with Crippen LogP contribution in [-0.2, 0) is 6.61 Å². The fraction of sp³-hybridized carbons (Fsp3) is 0.0588. The molecule has 0 amide bonds. The smallest absolute Gasteiger partial charge is 0.150 e. The molecule has 2 heterocycles. The second kappa shape index (κ2) is 5.75. The van der Waals surface area contributed by atoms with Crippen LogP contribution < -0.4 is 0 Å². The quantitative estimate of drug-likeness (QED) is 0.599. The van der Waals surface area contributed by atoms with Crippen LogP contribution in [0.25, 0.3) is 27.8 Å². The zero-order valence-corrected chi connectivity index (χ0v) is 12.7. The molecule has 0 atom stereocenters. The van der Waals surface area contributed by atoms with Crippen molar-refractivity contribution in [3.8, 4) is 16.9 Å². The van der Waals surface area contributed by atoms with E-state index >= 15 is 0 Å². The molecule has 0 spiro atoms. The molecule has 0 radical (unpaired) electrons. The first kappa shape index (κ1) is 15.4. The van der Waals surface area contributed by atoms with Crippen LogP contribution in [0, 0.1) is 17.5 Å². The van der Waals surface area contributed by atoms with E-state index in [2.05, 4.69) is 15.3 Å². The third kappa shape index (κ3) is 2.56. The molecule has 126 valence electrons. The molecule has 4 rings (SSSR count). The molecule has 0 aliphatic rings. The molecule has 0 bridgehead atoms. The topological polar surface area (TPSA) is 66.7 Å². The van der Waals surface area contributed by atoms with E-state index in [1.165, 1.54) is 41.2 Å². The average molecular weight is 344 g/mol. The number of aliphatic hydroxyl groups is 1. The van der Waals surface area contributed by atoms with Crippen molar-refractivity contribution in [3.63, 3.8) is 0 Å². The van der Waals surface area contributed by atoms with Gasteiger partial charge in [-0.3, -0.25) is 0 Å². The Morgan fingerprint density at radius 2 is 1.80 bits per heavy atom. The van der Waals surface area contributed by atoms with Crippen molar-refractivity contribution >= 4 is 10.9 Å². The molecular weight excluding hydrogens is 333 g/mol. The molecule has 0 aliphatic heterocycles. The van der Waals surface area contributed by atoms with Crippen molar-refractivity contribution < 1.29 is 18.3 Å². The molecule has 8 heteroatoms. The van der Waals surface area contributed by atoms with E-state index in [-0.39, 0.29) is 17.5 Å². The molecule has 0 unspecified atom stereocenters. The lowest BCUT2D eigenvalue weighted by Crippen LogP contribution is -1.97. The lowest BCUT2D eigenvalue weighted by atomic mass is 10.1. The predicted molar refractivity (Wildman–Crippen MR) is 84.4 cm³/mol. The first-order valence-electron chi connectivity index (χ1n) is 7.36. The number of hydrogen-bond acceptors (Lipinski definition) is 3. The van der Waals surface area contributed by atoms with E-state index in [0.29, 0.717) is 22.6 Å². The summed E-state index contributed by atoms with van der Waals surface area (Å²) in [5.41, 5.74) is 1.74. The highest BCUT2D eigenvalue weighted by Gasteiger charge is 2.20. The minimum Gasteiger partial charge on any atom is -0.390 e. The lowest BCUT2D eigenvalue weighted by Gasteiger charge is -2.04. The third-order valence-electron chi connectivity index (χ3n) is 3.86. The normalized spacial score (nSPS) is 11.4. The Bertz CT molecular complexity index is 1070. The summed E-state index contributed by atoms with van der Waals surface area (Å²) in [7, 11) is 0. The number of nitrogens with one attached hydrogen (secondary N) is 1. The number of rotatable bonds is 3. The summed E-state index contributed by atoms with van der Waals surface area (Å²) >= 11 is 0. The van der Waals surface area contributed by atoms with Gasteiger partial charge in [0.2, 0.25) is 0 Å². The zero-order chi connectivity index (χ0) is 17.6. The number of halogens is 3. The molecule has 0 saturated heterocycles. The first-order valence-corrected chi connectivity index (χ1v) is 7.36. The van der Waals surface area contributed by atoms with Crippen LogP contribution in [0.15, 0.2) is 42.6 Å². The van der Waals surface area contributed by atoms with Crippen LogP contribution in [0.4, 0.5) is 13.2 Å². The van der Waals surface area contributed by atoms with E-state index < -0.39 is 17.5 Å². The second-order valence-electron chi connectivity index (χ2n) is 5.48. The lowest BCUT2D eigenvalue weighted by molar-refractivity contribution is 0.276. The van der Waals surface area contributed by atoms with Gasteiger partial charge in [0, 0.05) is 17.0 Å². The van der Waals surface area contributed by atoms with E-state index in [9.17, 15) is 18.3 Å². The van der Waals surface area contributed by atoms with Crippen molar-refractivity contribution in [1.82, 2.24) is 20.0 Å². The van der Waals surface area contributed by atoms with Crippen molar-refractivity contribution in [3.05, 3.63) is 65.7 Å². The number of aliphatic hydroxyl groups excluding tert-OH is 1. The molecule has 2 aromatic heterocycles. The van der Waals surface area contributed by atoms with Gasteiger partial charge < -0.3 is 10.1 Å². The summed E-state index contributed by atoms with van der Waals surface area (Å²) in [4.78, 5) is 2.91. The summed E-state index contributed by atoms with van der Waals surface area (Å²) in [5, 5.41) is 17.1. The van der Waals surface area contributed by atoms with Crippen LogP contribution in [-0.4, -0.2) is 25.1 Å². The highest BCUT2D eigenvalue weighted by molar-refractivity contribution is 5.96. The van der Waals surface area contributed by atoms with Crippen molar-refractivity contribution in [2.24, 2.45) is 0 Å². The average Bonchev–Trinajstić information content (AvgIpc) is 3.19. The van der Waals surface area contributed by atoms with Crippen LogP contribution in [0.1, 0.15) is 5.69 Å². The van der Waals surface area contributed by atoms with Gasteiger partial charge in [-0.1, -0.05) is 5.21 Å². The van der Waals surface area contributed by atoms with Crippen LogP contribution in [0.2, 0.25) is 0 Å². The molecule has 4 aromatic rings. The zero-order valence-electron chi connectivity index (χ0n) is 12.7. The summed E-state index contributed by atoms with van der Waals surface area (Å²) < 4.78 is 42.5. The molecule has 25 heavy (non-hydrogen) atoms. The molecule has 2 aromatic carbocycles. The summed E-state index contributed by atoms with van der Waals surface area (Å²) in [6.07, 6.45) is 1.46. The first-order chi connectivity index (χ1) is 12.1. The Balaban J connectivity index is 2.05. The highest BCUT2D eigenvalue weighted by Crippen LogP contribution is 2.34. The van der Waals surface area contributed by atoms with Crippen LogP contribution >= 0.6 is 0 Å². The van der Waals surface area contributed by atoms with Crippen LogP contribution in [0.3, 0.4) is 0 Å². The monoisotopic (exact) mass is 344 g/mol. The van der Waals surface area contributed by atoms with E-state index in [1.807, 2.05) is 0 Å². The van der Waals surface area contributed by atoms with Gasteiger partial charge in [-0.2, -0.15) is 0 Å². The van der Waals surface area contributed by atoms with Crippen molar-refractivity contribution in [2.75, 3.05) is 0 Å². The number of aromatic amines is 1. The van der Waals surface area contributed by atoms with Gasteiger partial charge in [-0.05, 0) is 30.3 Å². The third-order valence-corrected chi connectivity index (χ3v) is 3.86. The number of benzene rings is 2. The molecule has 0 saturated carbocycles. The van der Waals surface area contributed by atoms with Gasteiger partial charge in [-0.25, -0.2) is 17.9 Å². The standard InChI is InChI=1S/C17H11F3N4O/c18-10-3-1-9(2-4-10)15-17(24-7-12(8-25)22-23-24)13-5-11(19)6-14(20)16(13)21-15/h1-7,21,25H,8H2. The van der Waals surface area contributed by atoms with E-state index in [4.69, 9.17) is 0 Å². The fourth-order valence-corrected chi connectivity index (χ4v) is 2.75. The Morgan fingerprint density at radius 1 is 1.04 bits per heavy atom. The maximum atomic E-state index is 14.2. The summed E-state index contributed by atoms with van der Waals surface area (Å²) in [6, 6.07) is 7.52. The molecular formula is C17H11F3N4O. The van der Waals surface area contributed by atoms with Crippen LogP contribution in [0.5, 0.6) is 0 Å².